The summed E-state index contributed by atoms with van der Waals surface area (Å²) in [5.41, 5.74) is 3.65. The average molecular weight is 537 g/mol. The Kier molecular flexibility index (Phi) is 8.67. The van der Waals surface area contributed by atoms with E-state index in [1.807, 2.05) is 30.6 Å². The van der Waals surface area contributed by atoms with E-state index in [4.69, 9.17) is 25.8 Å². The Labute approximate surface area is 215 Å². The van der Waals surface area contributed by atoms with Gasteiger partial charge in [0.1, 0.15) is 0 Å². The third-order valence-electron chi connectivity index (χ3n) is 5.90. The van der Waals surface area contributed by atoms with Crippen molar-refractivity contribution in [3.63, 3.8) is 0 Å². The number of aryl methyl sites for hydroxylation is 1. The first kappa shape index (κ1) is 25.9. The molecule has 1 atom stereocenters. The van der Waals surface area contributed by atoms with Crippen molar-refractivity contribution in [3.8, 4) is 11.5 Å². The van der Waals surface area contributed by atoms with Gasteiger partial charge in [0.15, 0.2) is 11.5 Å². The molecule has 1 aliphatic rings. The van der Waals surface area contributed by atoms with Crippen molar-refractivity contribution in [1.29, 1.82) is 0 Å². The van der Waals surface area contributed by atoms with E-state index in [-0.39, 0.29) is 24.1 Å². The van der Waals surface area contributed by atoms with Gasteiger partial charge in [0.05, 0.1) is 35.9 Å². The molecule has 0 spiro atoms. The highest BCUT2D eigenvalue weighted by Crippen LogP contribution is 2.30. The number of nitrogens with zero attached hydrogens (tertiary/aromatic N) is 2. The molecule has 1 aromatic heterocycles. The molecule has 0 radical (unpaired) electrons. The Balaban J connectivity index is 1.51. The quantitative estimate of drug-likeness (QED) is 0.339. The second-order valence-electron chi connectivity index (χ2n) is 8.33. The van der Waals surface area contributed by atoms with E-state index in [1.54, 1.807) is 30.6 Å². The Morgan fingerprint density at radius 3 is 2.66 bits per heavy atom. The highest BCUT2D eigenvalue weighted by molar-refractivity contribution is 7.89. The van der Waals surface area contributed by atoms with E-state index < -0.39 is 10.0 Å². The molecule has 1 aliphatic heterocycles. The van der Waals surface area contributed by atoms with Gasteiger partial charge in [0.2, 0.25) is 10.0 Å². The smallest absolute Gasteiger partial charge is 0.243 e. The summed E-state index contributed by atoms with van der Waals surface area (Å²) in [6.07, 6.45) is 2.40. The van der Waals surface area contributed by atoms with Gasteiger partial charge in [-0.15, -0.1) is 11.3 Å². The van der Waals surface area contributed by atoms with E-state index in [2.05, 4.69) is 4.98 Å². The molecule has 188 valence electrons. The van der Waals surface area contributed by atoms with Gasteiger partial charge < -0.3 is 14.2 Å². The van der Waals surface area contributed by atoms with Crippen molar-refractivity contribution in [1.82, 2.24) is 9.29 Å². The summed E-state index contributed by atoms with van der Waals surface area (Å²) in [7, 11) is -2.18. The maximum atomic E-state index is 13.5. The summed E-state index contributed by atoms with van der Waals surface area (Å²) in [5, 5.41) is 0.487. The van der Waals surface area contributed by atoms with Crippen LogP contribution in [-0.4, -0.2) is 50.7 Å². The van der Waals surface area contributed by atoms with Crippen molar-refractivity contribution in [2.24, 2.45) is 0 Å². The lowest BCUT2D eigenvalue weighted by molar-refractivity contribution is 0.0926. The Morgan fingerprint density at radius 2 is 2.00 bits per heavy atom. The van der Waals surface area contributed by atoms with Crippen LogP contribution in [0.15, 0.2) is 52.9 Å². The zero-order valence-corrected chi connectivity index (χ0v) is 22.2. The second kappa shape index (κ2) is 11.7. The summed E-state index contributed by atoms with van der Waals surface area (Å²) in [4.78, 5) is 5.66. The van der Waals surface area contributed by atoms with E-state index >= 15 is 0 Å². The number of halogens is 1. The summed E-state index contributed by atoms with van der Waals surface area (Å²) in [6.45, 7) is 3.60. The van der Waals surface area contributed by atoms with Gasteiger partial charge in [-0.05, 0) is 61.7 Å². The van der Waals surface area contributed by atoms with E-state index in [1.165, 1.54) is 21.3 Å². The monoisotopic (exact) mass is 536 g/mol. The molecule has 35 heavy (non-hydrogen) atoms. The maximum absolute atomic E-state index is 13.5. The number of benzene rings is 2. The Morgan fingerprint density at radius 1 is 1.20 bits per heavy atom. The van der Waals surface area contributed by atoms with Crippen molar-refractivity contribution in [2.45, 2.75) is 43.7 Å². The SMILES string of the molecule is COc1cc(CN(CC2CCCO2)S(=O)(=O)c2ccc(Cl)cc2)ccc1OCCc1scnc1C. The highest BCUT2D eigenvalue weighted by atomic mass is 35.5. The molecule has 0 aliphatic carbocycles. The summed E-state index contributed by atoms with van der Waals surface area (Å²) in [5.74, 6) is 1.18. The van der Waals surface area contributed by atoms with Crippen LogP contribution in [0.25, 0.3) is 0 Å². The topological polar surface area (TPSA) is 78.0 Å². The van der Waals surface area contributed by atoms with Gasteiger partial charge >= 0.3 is 0 Å². The Hall–Kier alpha value is -2.17. The summed E-state index contributed by atoms with van der Waals surface area (Å²) in [6, 6.07) is 11.8. The van der Waals surface area contributed by atoms with E-state index in [0.717, 1.165) is 30.5 Å². The van der Waals surface area contributed by atoms with Crippen LogP contribution < -0.4 is 9.47 Å². The number of thiazole rings is 1. The molecule has 1 unspecified atom stereocenters. The first-order valence-electron chi connectivity index (χ1n) is 11.4. The molecule has 0 amide bonds. The van der Waals surface area contributed by atoms with Crippen LogP contribution in [0.2, 0.25) is 5.02 Å². The minimum atomic E-state index is -3.76. The van der Waals surface area contributed by atoms with Crippen LogP contribution in [-0.2, 0) is 27.7 Å². The fraction of sp³-hybridized carbons (Fsp3) is 0.400. The zero-order valence-electron chi connectivity index (χ0n) is 19.8. The van der Waals surface area contributed by atoms with Crippen LogP contribution in [0.3, 0.4) is 0 Å². The van der Waals surface area contributed by atoms with Gasteiger partial charge in [-0.2, -0.15) is 4.31 Å². The third kappa shape index (κ3) is 6.54. The van der Waals surface area contributed by atoms with Crippen LogP contribution in [0.5, 0.6) is 11.5 Å². The number of hydrogen-bond donors (Lipinski definition) is 0. The number of methoxy groups -OCH3 is 1. The van der Waals surface area contributed by atoms with E-state index in [0.29, 0.717) is 29.7 Å². The lowest BCUT2D eigenvalue weighted by Gasteiger charge is -2.25. The van der Waals surface area contributed by atoms with Gasteiger partial charge in [0.25, 0.3) is 0 Å². The number of aromatic nitrogens is 1. The molecule has 1 fully saturated rings. The molecule has 2 aromatic carbocycles. The van der Waals surface area contributed by atoms with E-state index in [9.17, 15) is 8.42 Å². The van der Waals surface area contributed by atoms with Crippen LogP contribution >= 0.6 is 22.9 Å². The maximum Gasteiger partial charge on any atom is 0.243 e. The molecule has 0 bridgehead atoms. The van der Waals surface area contributed by atoms with Gasteiger partial charge in [-0.25, -0.2) is 13.4 Å². The number of hydrogen-bond acceptors (Lipinski definition) is 7. The molecule has 7 nitrogen and oxygen atoms in total. The lowest BCUT2D eigenvalue weighted by Crippen LogP contribution is -2.37. The number of sulfonamides is 1. The van der Waals surface area contributed by atoms with Crippen molar-refractivity contribution in [3.05, 3.63) is 69.1 Å². The normalized spacial score (nSPS) is 16.1. The average Bonchev–Trinajstić information content (AvgIpc) is 3.51. The standard InChI is InChI=1S/C25H29ClN2O5S2/c1-18-25(34-17-27-18)11-13-33-23-10-5-19(14-24(23)31-2)15-28(16-21-4-3-12-32-21)35(29,30)22-8-6-20(26)7-9-22/h5-10,14,17,21H,3-4,11-13,15-16H2,1-2H3. The minimum Gasteiger partial charge on any atom is -0.493 e. The molecular formula is C25H29ClN2O5S2. The van der Waals surface area contributed by atoms with Crippen molar-refractivity contribution >= 4 is 33.0 Å². The summed E-state index contributed by atoms with van der Waals surface area (Å²) >= 11 is 7.59. The van der Waals surface area contributed by atoms with Gasteiger partial charge in [-0.1, -0.05) is 17.7 Å². The van der Waals surface area contributed by atoms with Gasteiger partial charge in [-0.3, -0.25) is 0 Å². The molecular weight excluding hydrogens is 508 g/mol. The molecule has 4 rings (SSSR count). The lowest BCUT2D eigenvalue weighted by atomic mass is 10.2. The summed E-state index contributed by atoms with van der Waals surface area (Å²) < 4.78 is 45.7. The number of ether oxygens (including phenoxy) is 3. The zero-order chi connectivity index (χ0) is 24.8. The van der Waals surface area contributed by atoms with Gasteiger partial charge in [0, 0.05) is 36.0 Å². The highest BCUT2D eigenvalue weighted by Gasteiger charge is 2.29. The third-order valence-corrected chi connectivity index (χ3v) is 8.97. The van der Waals surface area contributed by atoms with Crippen LogP contribution in [0.4, 0.5) is 0 Å². The Bertz CT molecular complexity index is 1220. The fourth-order valence-corrected chi connectivity index (χ4v) is 6.32. The molecule has 1 saturated heterocycles. The second-order valence-corrected chi connectivity index (χ2v) is 11.6. The molecule has 10 heteroatoms. The van der Waals surface area contributed by atoms with Crippen LogP contribution in [0, 0.1) is 6.92 Å². The van der Waals surface area contributed by atoms with Crippen molar-refractivity contribution in [2.75, 3.05) is 26.9 Å². The molecule has 0 N–H and O–H groups in total. The fourth-order valence-electron chi connectivity index (χ4n) is 3.97. The first-order valence-corrected chi connectivity index (χ1v) is 14.1. The first-order chi connectivity index (χ1) is 16.9. The molecule has 3 aromatic rings. The predicted molar refractivity (Wildman–Crippen MR) is 137 cm³/mol. The van der Waals surface area contributed by atoms with Crippen molar-refractivity contribution < 1.29 is 22.6 Å². The predicted octanol–water partition coefficient (Wildman–Crippen LogP) is 5.10. The molecule has 0 saturated carbocycles. The molecule has 2 heterocycles. The largest absolute Gasteiger partial charge is 0.493 e. The number of rotatable bonds is 11. The van der Waals surface area contributed by atoms with Crippen LogP contribution in [0.1, 0.15) is 29.0 Å². The minimum absolute atomic E-state index is 0.128.